The van der Waals surface area contributed by atoms with Crippen molar-refractivity contribution in [3.05, 3.63) is 16.4 Å². The van der Waals surface area contributed by atoms with Crippen molar-refractivity contribution in [3.63, 3.8) is 0 Å². The number of Topliss-reactive ketones (excluding diaryl/α,β-unsaturated/α-hetero) is 1. The summed E-state index contributed by atoms with van der Waals surface area (Å²) in [5, 5.41) is 4.10. The number of carbonyl (C=O) groups excluding carboxylic acids is 1. The van der Waals surface area contributed by atoms with Crippen LogP contribution in [-0.4, -0.2) is 15.6 Å². The number of ketones is 1. The van der Waals surface area contributed by atoms with Crippen molar-refractivity contribution in [1.29, 1.82) is 0 Å². The molecule has 1 aliphatic carbocycles. The van der Waals surface area contributed by atoms with Crippen LogP contribution in [0.25, 0.3) is 0 Å². The number of hydrogen-bond donors (Lipinski definition) is 0. The van der Waals surface area contributed by atoms with Crippen LogP contribution < -0.4 is 0 Å². The minimum Gasteiger partial charge on any atom is -0.292 e. The highest BCUT2D eigenvalue weighted by molar-refractivity contribution is 9.10. The molecular weight excluding hydrogens is 268 g/mol. The van der Waals surface area contributed by atoms with Crippen LogP contribution in [0, 0.1) is 5.92 Å². The Hall–Kier alpha value is -0.640. The number of aromatic nitrogens is 2. The molecule has 2 rings (SSSR count). The predicted molar refractivity (Wildman–Crippen MR) is 66.4 cm³/mol. The summed E-state index contributed by atoms with van der Waals surface area (Å²) in [6, 6.07) is 0. The van der Waals surface area contributed by atoms with E-state index in [1.54, 1.807) is 10.9 Å². The molecule has 0 atom stereocenters. The fourth-order valence-electron chi connectivity index (χ4n) is 2.42. The molecule has 16 heavy (non-hydrogen) atoms. The second-order valence-electron chi connectivity index (χ2n) is 4.52. The van der Waals surface area contributed by atoms with Crippen molar-refractivity contribution in [2.75, 3.05) is 0 Å². The van der Waals surface area contributed by atoms with Crippen molar-refractivity contribution < 1.29 is 4.79 Å². The first-order valence-electron chi connectivity index (χ1n) is 5.92. The topological polar surface area (TPSA) is 34.9 Å². The predicted octanol–water partition coefficient (Wildman–Crippen LogP) is 3.34. The van der Waals surface area contributed by atoms with Gasteiger partial charge in [0, 0.05) is 13.0 Å². The summed E-state index contributed by atoms with van der Waals surface area (Å²) in [6.07, 6.45) is 8.70. The number of nitrogens with zero attached hydrogens (tertiary/aromatic N) is 2. The molecule has 0 spiro atoms. The van der Waals surface area contributed by atoms with Gasteiger partial charge in [0.05, 0.1) is 10.7 Å². The average Bonchev–Trinajstić information content (AvgIpc) is 2.51. The lowest BCUT2D eigenvalue weighted by molar-refractivity contribution is 0.0897. The maximum atomic E-state index is 12.4. The Morgan fingerprint density at radius 1 is 1.38 bits per heavy atom. The number of halogens is 1. The number of carbonyl (C=O) groups is 1. The third kappa shape index (κ3) is 2.37. The lowest BCUT2D eigenvalue weighted by atomic mass is 9.93. The van der Waals surface area contributed by atoms with E-state index < -0.39 is 0 Å². The molecule has 1 aromatic rings. The first-order valence-corrected chi connectivity index (χ1v) is 6.71. The first-order chi connectivity index (χ1) is 7.70. The lowest BCUT2D eigenvalue weighted by Gasteiger charge is -2.12. The molecule has 1 fully saturated rings. The zero-order valence-corrected chi connectivity index (χ0v) is 11.2. The van der Waals surface area contributed by atoms with Crippen LogP contribution in [0.1, 0.15) is 49.0 Å². The van der Waals surface area contributed by atoms with Crippen LogP contribution in [0.15, 0.2) is 10.7 Å². The summed E-state index contributed by atoms with van der Waals surface area (Å²) in [5.41, 5.74) is 0.729. The van der Waals surface area contributed by atoms with E-state index in [1.165, 1.54) is 25.7 Å². The summed E-state index contributed by atoms with van der Waals surface area (Å²) in [4.78, 5) is 12.4. The van der Waals surface area contributed by atoms with Gasteiger partial charge in [-0.3, -0.25) is 9.48 Å². The van der Waals surface area contributed by atoms with Crippen LogP contribution in [0.5, 0.6) is 0 Å². The Bertz CT molecular complexity index is 359. The van der Waals surface area contributed by atoms with Gasteiger partial charge in [-0.15, -0.1) is 0 Å². The van der Waals surface area contributed by atoms with Gasteiger partial charge in [0.25, 0.3) is 0 Å². The van der Waals surface area contributed by atoms with Gasteiger partial charge in [0.1, 0.15) is 5.69 Å². The Morgan fingerprint density at radius 2 is 2.00 bits per heavy atom. The second kappa shape index (κ2) is 5.13. The highest BCUT2D eigenvalue weighted by Gasteiger charge is 2.25. The second-order valence-corrected chi connectivity index (χ2v) is 5.37. The fourth-order valence-corrected chi connectivity index (χ4v) is 2.97. The minimum absolute atomic E-state index is 0.203. The summed E-state index contributed by atoms with van der Waals surface area (Å²) in [5.74, 6) is 0.461. The third-order valence-electron chi connectivity index (χ3n) is 3.35. The molecule has 0 aliphatic heterocycles. The summed E-state index contributed by atoms with van der Waals surface area (Å²) in [7, 11) is 1.83. The van der Waals surface area contributed by atoms with Gasteiger partial charge in [-0.2, -0.15) is 5.10 Å². The van der Waals surface area contributed by atoms with Crippen LogP contribution in [0.3, 0.4) is 0 Å². The van der Waals surface area contributed by atoms with Gasteiger partial charge in [-0.1, -0.05) is 25.7 Å². The molecule has 0 saturated heterocycles. The molecule has 0 N–H and O–H groups in total. The molecule has 1 aliphatic rings. The third-order valence-corrected chi connectivity index (χ3v) is 3.93. The fraction of sp³-hybridized carbons (Fsp3) is 0.667. The molecule has 0 bridgehead atoms. The molecule has 1 saturated carbocycles. The molecule has 0 aromatic carbocycles. The molecule has 1 aromatic heterocycles. The Balaban J connectivity index is 2.17. The van der Waals surface area contributed by atoms with Gasteiger partial charge in [0.15, 0.2) is 5.78 Å². The van der Waals surface area contributed by atoms with E-state index in [1.807, 2.05) is 7.05 Å². The van der Waals surface area contributed by atoms with Gasteiger partial charge in [-0.25, -0.2) is 0 Å². The van der Waals surface area contributed by atoms with Crippen molar-refractivity contribution >= 4 is 21.7 Å². The van der Waals surface area contributed by atoms with E-state index >= 15 is 0 Å². The van der Waals surface area contributed by atoms with Crippen molar-refractivity contribution in [2.24, 2.45) is 13.0 Å². The lowest BCUT2D eigenvalue weighted by Crippen LogP contribution is -2.18. The van der Waals surface area contributed by atoms with Gasteiger partial charge in [0.2, 0.25) is 0 Å². The van der Waals surface area contributed by atoms with E-state index in [0.29, 0.717) is 0 Å². The van der Waals surface area contributed by atoms with Gasteiger partial charge >= 0.3 is 0 Å². The van der Waals surface area contributed by atoms with Gasteiger partial charge < -0.3 is 0 Å². The van der Waals surface area contributed by atoms with Crippen molar-refractivity contribution in [3.8, 4) is 0 Å². The van der Waals surface area contributed by atoms with Crippen LogP contribution in [0.2, 0.25) is 0 Å². The molecule has 0 unspecified atom stereocenters. The maximum absolute atomic E-state index is 12.4. The average molecular weight is 285 g/mol. The van der Waals surface area contributed by atoms with E-state index in [-0.39, 0.29) is 11.7 Å². The molecule has 3 nitrogen and oxygen atoms in total. The Labute approximate surface area is 104 Å². The van der Waals surface area contributed by atoms with E-state index in [4.69, 9.17) is 0 Å². The largest absolute Gasteiger partial charge is 0.292 e. The smallest absolute Gasteiger partial charge is 0.185 e. The molecule has 4 heteroatoms. The van der Waals surface area contributed by atoms with Crippen molar-refractivity contribution in [1.82, 2.24) is 9.78 Å². The molecule has 1 heterocycles. The quantitative estimate of drug-likeness (QED) is 0.617. The summed E-state index contributed by atoms with van der Waals surface area (Å²) in [6.45, 7) is 0. The zero-order chi connectivity index (χ0) is 11.5. The monoisotopic (exact) mass is 284 g/mol. The minimum atomic E-state index is 0.203. The molecular formula is C12H17BrN2O. The highest BCUT2D eigenvalue weighted by atomic mass is 79.9. The normalized spacial score (nSPS) is 18.4. The molecule has 88 valence electrons. The number of rotatable bonds is 2. The Kier molecular flexibility index (Phi) is 3.79. The van der Waals surface area contributed by atoms with Crippen LogP contribution in [-0.2, 0) is 7.05 Å². The van der Waals surface area contributed by atoms with Crippen molar-refractivity contribution in [2.45, 2.75) is 38.5 Å². The van der Waals surface area contributed by atoms with Crippen LogP contribution >= 0.6 is 15.9 Å². The maximum Gasteiger partial charge on any atom is 0.185 e. The highest BCUT2D eigenvalue weighted by Crippen LogP contribution is 2.28. The zero-order valence-electron chi connectivity index (χ0n) is 9.58. The van der Waals surface area contributed by atoms with E-state index in [2.05, 4.69) is 21.0 Å². The van der Waals surface area contributed by atoms with Gasteiger partial charge in [-0.05, 0) is 28.8 Å². The summed E-state index contributed by atoms with van der Waals surface area (Å²) >= 11 is 3.40. The molecule has 0 amide bonds. The summed E-state index contributed by atoms with van der Waals surface area (Å²) < 4.78 is 2.50. The standard InChI is InChI=1S/C12H17BrN2O/c1-15-11(10(13)8-14-15)12(16)9-6-4-2-3-5-7-9/h8-9H,2-7H2,1H3. The SMILES string of the molecule is Cn1ncc(Br)c1C(=O)C1CCCCCC1. The number of aryl methyl sites for hydroxylation is 1. The van der Waals surface area contributed by atoms with E-state index in [0.717, 1.165) is 23.0 Å². The molecule has 0 radical (unpaired) electrons. The number of hydrogen-bond acceptors (Lipinski definition) is 2. The van der Waals surface area contributed by atoms with E-state index in [9.17, 15) is 4.79 Å². The van der Waals surface area contributed by atoms with Crippen LogP contribution in [0.4, 0.5) is 0 Å². The first kappa shape index (κ1) is 11.8. The Morgan fingerprint density at radius 3 is 2.50 bits per heavy atom.